The van der Waals surface area contributed by atoms with Gasteiger partial charge in [0, 0.05) is 30.6 Å². The van der Waals surface area contributed by atoms with Gasteiger partial charge in [-0.05, 0) is 65.9 Å². The van der Waals surface area contributed by atoms with Gasteiger partial charge in [-0.15, -0.1) is 0 Å². The largest absolute Gasteiger partial charge is 0.497 e. The van der Waals surface area contributed by atoms with Crippen LogP contribution in [0.15, 0.2) is 66.7 Å². The van der Waals surface area contributed by atoms with Crippen LogP contribution in [-0.4, -0.2) is 26.3 Å². The predicted octanol–water partition coefficient (Wildman–Crippen LogP) is 4.88. The standard InChI is InChI=1S/C27H30N2O2/c1-30-24-10-5-9-20(17-24)22-15-21-12-14-31-27(21)23(16-22)18-29-25-11-6-13-28-26(25)19-7-3-2-4-8-19/h2-5,7-10,15-17,25-26,28-29H,6,11-14,18H2,1H3/t25-,26-/m0/s1. The molecule has 2 aliphatic heterocycles. The Morgan fingerprint density at radius 2 is 1.94 bits per heavy atom. The van der Waals surface area contributed by atoms with Crippen LogP contribution in [-0.2, 0) is 13.0 Å². The smallest absolute Gasteiger partial charge is 0.127 e. The molecule has 3 aromatic rings. The van der Waals surface area contributed by atoms with Crippen LogP contribution in [0.1, 0.15) is 35.6 Å². The van der Waals surface area contributed by atoms with Crippen molar-refractivity contribution in [2.24, 2.45) is 0 Å². The highest BCUT2D eigenvalue weighted by molar-refractivity contribution is 5.69. The summed E-state index contributed by atoms with van der Waals surface area (Å²) in [6.45, 7) is 2.64. The van der Waals surface area contributed by atoms with Crippen molar-refractivity contribution < 1.29 is 9.47 Å². The Morgan fingerprint density at radius 1 is 1.03 bits per heavy atom. The van der Waals surface area contributed by atoms with Crippen LogP contribution in [0.5, 0.6) is 11.5 Å². The summed E-state index contributed by atoms with van der Waals surface area (Å²) in [6.07, 6.45) is 3.34. The van der Waals surface area contributed by atoms with Crippen LogP contribution in [0.2, 0.25) is 0 Å². The lowest BCUT2D eigenvalue weighted by atomic mass is 9.92. The molecule has 5 rings (SSSR count). The van der Waals surface area contributed by atoms with E-state index in [0.717, 1.165) is 37.6 Å². The molecule has 0 spiro atoms. The lowest BCUT2D eigenvalue weighted by Gasteiger charge is -2.34. The van der Waals surface area contributed by atoms with Gasteiger partial charge in [-0.1, -0.05) is 42.5 Å². The van der Waals surface area contributed by atoms with Crippen molar-refractivity contribution in [2.75, 3.05) is 20.3 Å². The first kappa shape index (κ1) is 20.1. The minimum Gasteiger partial charge on any atom is -0.497 e. The summed E-state index contributed by atoms with van der Waals surface area (Å²) in [6, 6.07) is 24.4. The third-order valence-corrected chi connectivity index (χ3v) is 6.44. The first-order valence-corrected chi connectivity index (χ1v) is 11.3. The average Bonchev–Trinajstić information content (AvgIpc) is 3.32. The molecule has 3 aromatic carbocycles. The topological polar surface area (TPSA) is 42.5 Å². The summed E-state index contributed by atoms with van der Waals surface area (Å²) in [5.41, 5.74) is 6.30. The normalized spacial score (nSPS) is 20.2. The van der Waals surface area contributed by atoms with E-state index >= 15 is 0 Å². The number of benzene rings is 3. The molecule has 0 aliphatic carbocycles. The number of nitrogens with one attached hydrogen (secondary N) is 2. The Bertz CT molecular complexity index is 1030. The molecule has 2 N–H and O–H groups in total. The number of hydrogen-bond acceptors (Lipinski definition) is 4. The van der Waals surface area contributed by atoms with E-state index in [1.165, 1.54) is 40.7 Å². The van der Waals surface area contributed by atoms with E-state index in [1.807, 2.05) is 12.1 Å². The average molecular weight is 415 g/mol. The van der Waals surface area contributed by atoms with Gasteiger partial charge in [0.05, 0.1) is 13.7 Å². The zero-order chi connectivity index (χ0) is 21.0. The van der Waals surface area contributed by atoms with E-state index < -0.39 is 0 Å². The molecule has 2 atom stereocenters. The lowest BCUT2D eigenvalue weighted by molar-refractivity contribution is 0.301. The third-order valence-electron chi connectivity index (χ3n) is 6.44. The van der Waals surface area contributed by atoms with Crippen LogP contribution in [0, 0.1) is 0 Å². The van der Waals surface area contributed by atoms with Gasteiger partial charge in [-0.2, -0.15) is 0 Å². The van der Waals surface area contributed by atoms with Gasteiger partial charge in [0.2, 0.25) is 0 Å². The molecule has 160 valence electrons. The van der Waals surface area contributed by atoms with Crippen molar-refractivity contribution in [3.8, 4) is 22.6 Å². The second-order valence-corrected chi connectivity index (χ2v) is 8.43. The second-order valence-electron chi connectivity index (χ2n) is 8.43. The first-order chi connectivity index (χ1) is 15.3. The minimum atomic E-state index is 0.338. The van der Waals surface area contributed by atoms with E-state index in [4.69, 9.17) is 9.47 Å². The van der Waals surface area contributed by atoms with Gasteiger partial charge in [-0.25, -0.2) is 0 Å². The van der Waals surface area contributed by atoms with Crippen molar-refractivity contribution in [1.29, 1.82) is 0 Å². The Kier molecular flexibility index (Phi) is 5.92. The summed E-state index contributed by atoms with van der Waals surface area (Å²) in [5, 5.41) is 7.57. The minimum absolute atomic E-state index is 0.338. The maximum Gasteiger partial charge on any atom is 0.127 e. The zero-order valence-electron chi connectivity index (χ0n) is 18.1. The molecule has 0 saturated carbocycles. The summed E-state index contributed by atoms with van der Waals surface area (Å²) >= 11 is 0. The maximum absolute atomic E-state index is 6.04. The molecular weight excluding hydrogens is 384 g/mol. The van der Waals surface area contributed by atoms with Crippen LogP contribution >= 0.6 is 0 Å². The fraction of sp³-hybridized carbons (Fsp3) is 0.333. The number of methoxy groups -OCH3 is 1. The van der Waals surface area contributed by atoms with E-state index in [0.29, 0.717) is 12.1 Å². The van der Waals surface area contributed by atoms with E-state index in [-0.39, 0.29) is 0 Å². The molecule has 4 nitrogen and oxygen atoms in total. The SMILES string of the molecule is COc1cccc(-c2cc3c(c(CN[C@H]4CCCN[C@H]4c4ccccc4)c2)OCC3)c1. The monoisotopic (exact) mass is 414 g/mol. The molecule has 2 heterocycles. The summed E-state index contributed by atoms with van der Waals surface area (Å²) in [5.74, 6) is 1.95. The number of piperidine rings is 1. The van der Waals surface area contributed by atoms with E-state index in [9.17, 15) is 0 Å². The van der Waals surface area contributed by atoms with Gasteiger partial charge < -0.3 is 20.1 Å². The molecule has 0 amide bonds. The summed E-state index contributed by atoms with van der Waals surface area (Å²) < 4.78 is 11.5. The summed E-state index contributed by atoms with van der Waals surface area (Å²) in [4.78, 5) is 0. The Hall–Kier alpha value is -2.82. The molecule has 31 heavy (non-hydrogen) atoms. The van der Waals surface area contributed by atoms with Gasteiger partial charge in [-0.3, -0.25) is 0 Å². The Labute approximate surface area is 184 Å². The quantitative estimate of drug-likeness (QED) is 0.603. The highest BCUT2D eigenvalue weighted by atomic mass is 16.5. The first-order valence-electron chi connectivity index (χ1n) is 11.3. The van der Waals surface area contributed by atoms with Crippen molar-refractivity contribution in [1.82, 2.24) is 10.6 Å². The molecule has 0 unspecified atom stereocenters. The molecule has 1 fully saturated rings. The molecule has 1 saturated heterocycles. The van der Waals surface area contributed by atoms with Crippen LogP contribution < -0.4 is 20.1 Å². The van der Waals surface area contributed by atoms with E-state index in [2.05, 4.69) is 65.2 Å². The highest BCUT2D eigenvalue weighted by Gasteiger charge is 2.26. The van der Waals surface area contributed by atoms with E-state index in [1.54, 1.807) is 7.11 Å². The number of hydrogen-bond donors (Lipinski definition) is 2. The number of ether oxygens (including phenoxy) is 2. The molecule has 4 heteroatoms. The van der Waals surface area contributed by atoms with Gasteiger partial charge >= 0.3 is 0 Å². The lowest BCUT2D eigenvalue weighted by Crippen LogP contribution is -2.45. The van der Waals surface area contributed by atoms with Gasteiger partial charge in [0.25, 0.3) is 0 Å². The van der Waals surface area contributed by atoms with Crippen molar-refractivity contribution in [3.05, 3.63) is 83.4 Å². The molecular formula is C27H30N2O2. The Morgan fingerprint density at radius 3 is 2.81 bits per heavy atom. The number of rotatable bonds is 6. The van der Waals surface area contributed by atoms with Gasteiger partial charge in [0.1, 0.15) is 11.5 Å². The van der Waals surface area contributed by atoms with Crippen molar-refractivity contribution in [2.45, 2.75) is 37.9 Å². The maximum atomic E-state index is 6.04. The highest BCUT2D eigenvalue weighted by Crippen LogP contribution is 2.36. The second kappa shape index (κ2) is 9.13. The van der Waals surface area contributed by atoms with Crippen molar-refractivity contribution in [3.63, 3.8) is 0 Å². The fourth-order valence-electron chi connectivity index (χ4n) is 4.85. The predicted molar refractivity (Wildman–Crippen MR) is 125 cm³/mol. The van der Waals surface area contributed by atoms with Crippen molar-refractivity contribution >= 4 is 0 Å². The van der Waals surface area contributed by atoms with Crippen LogP contribution in [0.4, 0.5) is 0 Å². The number of fused-ring (bicyclic) bond motifs is 1. The molecule has 2 aliphatic rings. The third kappa shape index (κ3) is 4.32. The zero-order valence-corrected chi connectivity index (χ0v) is 18.1. The van der Waals surface area contributed by atoms with Crippen LogP contribution in [0.3, 0.4) is 0 Å². The fourth-order valence-corrected chi connectivity index (χ4v) is 4.85. The molecule has 0 radical (unpaired) electrons. The summed E-state index contributed by atoms with van der Waals surface area (Å²) in [7, 11) is 1.71. The van der Waals surface area contributed by atoms with Crippen LogP contribution in [0.25, 0.3) is 11.1 Å². The van der Waals surface area contributed by atoms with Gasteiger partial charge in [0.15, 0.2) is 0 Å². The Balaban J connectivity index is 1.40. The molecule has 0 bridgehead atoms. The molecule has 0 aromatic heterocycles.